The molecule has 0 aromatic heterocycles. The van der Waals surface area contributed by atoms with Crippen LogP contribution >= 0.6 is 0 Å². The Balaban J connectivity index is 2.75. The number of hydrogen-bond donors (Lipinski definition) is 0. The van der Waals surface area contributed by atoms with Gasteiger partial charge in [0.05, 0.1) is 28.8 Å². The third kappa shape index (κ3) is 10.5. The Hall–Kier alpha value is -3.47. The Morgan fingerprint density at radius 1 is 0.689 bits per heavy atom. The largest absolute Gasteiger partial charge is 0.496 e. The van der Waals surface area contributed by atoms with Crippen LogP contribution in [0.1, 0.15) is 88.6 Å². The van der Waals surface area contributed by atoms with Crippen molar-refractivity contribution in [3.63, 3.8) is 0 Å². The highest BCUT2D eigenvalue weighted by Gasteiger charge is 2.54. The molecular weight excluding hydrogens is 582 g/mol. The third-order valence-corrected chi connectivity index (χ3v) is 6.67. The number of rotatable bonds is 8. The molecule has 45 heavy (non-hydrogen) atoms. The number of ether oxygens (including phenoxy) is 6. The van der Waals surface area contributed by atoms with Gasteiger partial charge in [0.1, 0.15) is 18.5 Å². The molecule has 1 saturated heterocycles. The Labute approximate surface area is 267 Å². The lowest BCUT2D eigenvalue weighted by Gasteiger charge is -2.45. The molecule has 1 aromatic rings. The second-order valence-electron chi connectivity index (χ2n) is 15.3. The first-order chi connectivity index (χ1) is 20.5. The van der Waals surface area contributed by atoms with Crippen LogP contribution in [0.15, 0.2) is 29.3 Å². The van der Waals surface area contributed by atoms with Crippen LogP contribution in [0.2, 0.25) is 0 Å². The zero-order chi connectivity index (χ0) is 34.5. The number of hydrogen-bond acceptors (Lipinski definition) is 11. The topological polar surface area (TPSA) is 136 Å². The molecule has 0 N–H and O–H groups in total. The highest BCUT2D eigenvalue weighted by atomic mass is 16.7. The van der Waals surface area contributed by atoms with Crippen molar-refractivity contribution in [3.05, 3.63) is 29.8 Å². The maximum atomic E-state index is 13.4. The fourth-order valence-electron chi connectivity index (χ4n) is 3.75. The van der Waals surface area contributed by atoms with Crippen molar-refractivity contribution in [1.82, 2.24) is 0 Å². The van der Waals surface area contributed by atoms with Crippen LogP contribution in [0.5, 0.6) is 5.75 Å². The summed E-state index contributed by atoms with van der Waals surface area (Å²) >= 11 is 0. The molecule has 0 amide bonds. The van der Waals surface area contributed by atoms with Crippen molar-refractivity contribution in [2.45, 2.75) is 114 Å². The number of para-hydroxylation sites is 1. The summed E-state index contributed by atoms with van der Waals surface area (Å²) in [6.45, 7) is 19.8. The fourth-order valence-corrected chi connectivity index (χ4v) is 3.75. The van der Waals surface area contributed by atoms with Gasteiger partial charge in [0, 0.05) is 11.8 Å². The van der Waals surface area contributed by atoms with Gasteiger partial charge in [0.25, 0.3) is 0 Å². The van der Waals surface area contributed by atoms with E-state index in [0.717, 1.165) is 0 Å². The molecule has 252 valence electrons. The van der Waals surface area contributed by atoms with E-state index in [2.05, 4.69) is 4.99 Å². The molecule has 11 nitrogen and oxygen atoms in total. The molecule has 1 heterocycles. The SMILES string of the molecule is COc1ccccc1/C=N\[C@@H]1O[C@H](COC(=O)C(C)(C)C)[C@H](OC(=O)C(C)(C)C)[C@H](OC(=O)C(C)(C)C)[C@H]1OC(=O)C(C)(C)C. The predicted octanol–water partition coefficient (Wildman–Crippen LogP) is 5.30. The minimum atomic E-state index is -1.37. The summed E-state index contributed by atoms with van der Waals surface area (Å²) in [4.78, 5) is 57.4. The first-order valence-electron chi connectivity index (χ1n) is 15.1. The molecule has 0 aliphatic carbocycles. The summed E-state index contributed by atoms with van der Waals surface area (Å²) in [6.07, 6.45) is -4.97. The van der Waals surface area contributed by atoms with Gasteiger partial charge in [-0.2, -0.15) is 0 Å². The van der Waals surface area contributed by atoms with E-state index in [-0.39, 0.29) is 6.61 Å². The van der Waals surface area contributed by atoms with Gasteiger partial charge in [-0.05, 0) is 95.2 Å². The average molecular weight is 634 g/mol. The fraction of sp³-hybridized carbons (Fsp3) is 0.676. The van der Waals surface area contributed by atoms with E-state index >= 15 is 0 Å². The highest BCUT2D eigenvalue weighted by Crippen LogP contribution is 2.34. The van der Waals surface area contributed by atoms with Crippen molar-refractivity contribution >= 4 is 30.1 Å². The number of nitrogens with zero attached hydrogens (tertiary/aromatic N) is 1. The van der Waals surface area contributed by atoms with Crippen LogP contribution in [0.3, 0.4) is 0 Å². The number of carbonyl (C=O) groups is 4. The normalized spacial score (nSPS) is 22.8. The average Bonchev–Trinajstić information content (AvgIpc) is 2.90. The zero-order valence-corrected chi connectivity index (χ0v) is 29.0. The van der Waals surface area contributed by atoms with Crippen molar-refractivity contribution in [1.29, 1.82) is 0 Å². The quantitative estimate of drug-likeness (QED) is 0.211. The Morgan fingerprint density at radius 2 is 1.13 bits per heavy atom. The molecule has 0 spiro atoms. The second kappa shape index (κ2) is 14.3. The number of carbonyl (C=O) groups excluding carboxylic acids is 4. The minimum Gasteiger partial charge on any atom is -0.496 e. The lowest BCUT2D eigenvalue weighted by Crippen LogP contribution is -2.63. The first kappa shape index (κ1) is 37.7. The van der Waals surface area contributed by atoms with Gasteiger partial charge in [-0.15, -0.1) is 0 Å². The molecule has 1 aromatic carbocycles. The summed E-state index contributed by atoms with van der Waals surface area (Å²) in [7, 11) is 1.52. The van der Waals surface area contributed by atoms with Crippen LogP contribution < -0.4 is 4.74 Å². The monoisotopic (exact) mass is 633 g/mol. The van der Waals surface area contributed by atoms with Gasteiger partial charge >= 0.3 is 23.9 Å². The second-order valence-corrected chi connectivity index (χ2v) is 15.3. The molecule has 0 unspecified atom stereocenters. The van der Waals surface area contributed by atoms with E-state index < -0.39 is 76.2 Å². The number of aliphatic imine (C=N–C) groups is 1. The van der Waals surface area contributed by atoms with Gasteiger partial charge in [0.2, 0.25) is 0 Å². The van der Waals surface area contributed by atoms with Gasteiger partial charge in [-0.25, -0.2) is 0 Å². The maximum absolute atomic E-state index is 13.4. The highest BCUT2D eigenvalue weighted by molar-refractivity contribution is 5.83. The van der Waals surface area contributed by atoms with Crippen LogP contribution in [-0.4, -0.2) is 74.5 Å². The molecule has 1 fully saturated rings. The number of esters is 4. The van der Waals surface area contributed by atoms with Crippen LogP contribution in [0.4, 0.5) is 0 Å². The summed E-state index contributed by atoms with van der Waals surface area (Å²) < 4.78 is 35.4. The van der Waals surface area contributed by atoms with E-state index in [4.69, 9.17) is 28.4 Å². The summed E-state index contributed by atoms with van der Waals surface area (Å²) in [5, 5.41) is 0. The molecule has 1 aliphatic rings. The first-order valence-corrected chi connectivity index (χ1v) is 15.1. The molecule has 0 bridgehead atoms. The minimum absolute atomic E-state index is 0.359. The van der Waals surface area contributed by atoms with E-state index in [1.807, 2.05) is 0 Å². The molecule has 0 radical (unpaired) electrons. The van der Waals surface area contributed by atoms with E-state index in [0.29, 0.717) is 11.3 Å². The summed E-state index contributed by atoms with van der Waals surface area (Å²) in [5.41, 5.74) is -3.12. The van der Waals surface area contributed by atoms with Gasteiger partial charge in [0.15, 0.2) is 24.5 Å². The van der Waals surface area contributed by atoms with E-state index in [9.17, 15) is 19.2 Å². The van der Waals surface area contributed by atoms with Crippen molar-refractivity contribution in [3.8, 4) is 5.75 Å². The van der Waals surface area contributed by atoms with Crippen LogP contribution in [0, 0.1) is 21.7 Å². The van der Waals surface area contributed by atoms with E-state index in [1.54, 1.807) is 107 Å². The molecule has 1 aliphatic heterocycles. The maximum Gasteiger partial charge on any atom is 0.311 e. The smallest absolute Gasteiger partial charge is 0.311 e. The number of benzene rings is 1. The Bertz CT molecular complexity index is 1240. The zero-order valence-electron chi connectivity index (χ0n) is 29.0. The van der Waals surface area contributed by atoms with Crippen molar-refractivity contribution in [2.24, 2.45) is 26.7 Å². The van der Waals surface area contributed by atoms with Crippen molar-refractivity contribution in [2.75, 3.05) is 13.7 Å². The Morgan fingerprint density at radius 3 is 1.60 bits per heavy atom. The lowest BCUT2D eigenvalue weighted by atomic mass is 9.92. The third-order valence-electron chi connectivity index (χ3n) is 6.67. The molecule has 11 heteroatoms. The Kier molecular flexibility index (Phi) is 12.0. The van der Waals surface area contributed by atoms with Gasteiger partial charge in [-0.3, -0.25) is 24.2 Å². The summed E-state index contributed by atoms with van der Waals surface area (Å²) in [6, 6.07) is 7.13. The standard InChI is InChI=1S/C34H51NO10/c1-31(2,3)27(36)41-19-22-23(43-28(37)32(4,5)6)24(44-29(38)33(7,8)9)25(45-30(39)34(10,11)12)26(42-22)35-18-20-16-14-15-17-21(20)40-13/h14-18,22-26H,19H2,1-13H3/b35-18-/t22-,23+,24+,25-,26-/m1/s1. The van der Waals surface area contributed by atoms with Crippen LogP contribution in [0.25, 0.3) is 0 Å². The molecular formula is C34H51NO10. The van der Waals surface area contributed by atoms with Gasteiger partial charge < -0.3 is 28.4 Å². The molecule has 5 atom stereocenters. The number of methoxy groups -OCH3 is 1. The molecule has 2 rings (SSSR count). The van der Waals surface area contributed by atoms with Crippen LogP contribution in [-0.2, 0) is 42.9 Å². The van der Waals surface area contributed by atoms with Crippen molar-refractivity contribution < 1.29 is 47.6 Å². The summed E-state index contributed by atoms with van der Waals surface area (Å²) in [5.74, 6) is -1.88. The lowest BCUT2D eigenvalue weighted by molar-refractivity contribution is -0.258. The van der Waals surface area contributed by atoms with E-state index in [1.165, 1.54) is 13.3 Å². The predicted molar refractivity (Wildman–Crippen MR) is 168 cm³/mol. The molecule has 0 saturated carbocycles. The van der Waals surface area contributed by atoms with Gasteiger partial charge in [-0.1, -0.05) is 12.1 Å².